The number of imide groups is 1. The molecular formula is C13H18ClN5O2. The average molecular weight is 312 g/mol. The van der Waals surface area contributed by atoms with Gasteiger partial charge in [0.25, 0.3) is 0 Å². The van der Waals surface area contributed by atoms with E-state index in [2.05, 4.69) is 20.6 Å². The lowest BCUT2D eigenvalue weighted by molar-refractivity contribution is -0.132. The van der Waals surface area contributed by atoms with Crippen molar-refractivity contribution in [1.82, 2.24) is 15.3 Å². The lowest BCUT2D eigenvalue weighted by Crippen LogP contribution is -2.58. The third-order valence-corrected chi connectivity index (χ3v) is 3.44. The Labute approximate surface area is 128 Å². The molecule has 114 valence electrons. The molecule has 0 aromatic carbocycles. The minimum atomic E-state index is -0.464. The Bertz CT molecular complexity index is 551. The van der Waals surface area contributed by atoms with Crippen LogP contribution < -0.4 is 15.5 Å². The van der Waals surface area contributed by atoms with Crippen LogP contribution >= 0.6 is 11.6 Å². The number of nitrogens with zero attached hydrogens (tertiary/aromatic N) is 3. The van der Waals surface area contributed by atoms with Crippen LogP contribution in [0.4, 0.5) is 11.8 Å². The molecule has 1 fully saturated rings. The number of aromatic nitrogens is 2. The molecule has 0 bridgehead atoms. The van der Waals surface area contributed by atoms with Gasteiger partial charge in [0.1, 0.15) is 11.1 Å². The zero-order chi connectivity index (χ0) is 15.4. The van der Waals surface area contributed by atoms with Crippen LogP contribution in [0.5, 0.6) is 0 Å². The van der Waals surface area contributed by atoms with E-state index < -0.39 is 6.04 Å². The van der Waals surface area contributed by atoms with Gasteiger partial charge in [0.15, 0.2) is 5.82 Å². The van der Waals surface area contributed by atoms with Crippen molar-refractivity contribution < 1.29 is 9.59 Å². The predicted octanol–water partition coefficient (Wildman–Crippen LogP) is 1.19. The van der Waals surface area contributed by atoms with Crippen molar-refractivity contribution >= 4 is 35.2 Å². The molecule has 2 rings (SSSR count). The maximum Gasteiger partial charge on any atom is 0.249 e. The van der Waals surface area contributed by atoms with Gasteiger partial charge in [0.05, 0.1) is 12.7 Å². The Morgan fingerprint density at radius 2 is 2.24 bits per heavy atom. The highest BCUT2D eigenvalue weighted by Crippen LogP contribution is 2.27. The Hall–Kier alpha value is -1.89. The number of piperazine rings is 1. The fourth-order valence-electron chi connectivity index (χ4n) is 2.18. The van der Waals surface area contributed by atoms with Gasteiger partial charge in [-0.05, 0) is 12.8 Å². The van der Waals surface area contributed by atoms with Crippen LogP contribution in [-0.2, 0) is 9.59 Å². The zero-order valence-electron chi connectivity index (χ0n) is 12.0. The van der Waals surface area contributed by atoms with E-state index in [1.165, 1.54) is 6.20 Å². The Kier molecular flexibility index (Phi) is 4.95. The minimum absolute atomic E-state index is 0.0498. The Morgan fingerprint density at radius 1 is 1.48 bits per heavy atom. The van der Waals surface area contributed by atoms with Crippen LogP contribution in [0.15, 0.2) is 6.20 Å². The van der Waals surface area contributed by atoms with Gasteiger partial charge in [-0.3, -0.25) is 14.9 Å². The fraction of sp³-hybridized carbons (Fsp3) is 0.538. The topological polar surface area (TPSA) is 87.2 Å². The van der Waals surface area contributed by atoms with Gasteiger partial charge in [-0.1, -0.05) is 25.4 Å². The molecule has 0 radical (unpaired) electrons. The molecule has 2 N–H and O–H groups in total. The summed E-state index contributed by atoms with van der Waals surface area (Å²) in [5.41, 5.74) is 0. The number of hydrogen-bond acceptors (Lipinski definition) is 6. The standard InChI is InChI=1S/C13H18ClN5O2/c1-3-5-15-13-16-6-8(14)11(18-13)19-7-10(20)17-12(21)9(19)4-2/h6,9H,3-5,7H2,1-2H3,(H,15,16,18)(H,17,20,21). The van der Waals surface area contributed by atoms with Crippen LogP contribution in [0.2, 0.25) is 5.02 Å². The smallest absolute Gasteiger partial charge is 0.249 e. The molecule has 0 spiro atoms. The highest BCUT2D eigenvalue weighted by Gasteiger charge is 2.34. The van der Waals surface area contributed by atoms with E-state index in [4.69, 9.17) is 11.6 Å². The maximum atomic E-state index is 11.9. The van der Waals surface area contributed by atoms with Gasteiger partial charge in [-0.25, -0.2) is 4.98 Å². The first-order valence-corrected chi connectivity index (χ1v) is 7.31. The van der Waals surface area contributed by atoms with Crippen LogP contribution in [0.3, 0.4) is 0 Å². The number of amides is 2. The number of halogens is 1. The van der Waals surface area contributed by atoms with E-state index in [0.717, 1.165) is 13.0 Å². The number of carbonyl (C=O) groups excluding carboxylic acids is 2. The number of anilines is 2. The van der Waals surface area contributed by atoms with Crippen molar-refractivity contribution in [2.75, 3.05) is 23.3 Å². The molecule has 21 heavy (non-hydrogen) atoms. The van der Waals surface area contributed by atoms with E-state index >= 15 is 0 Å². The summed E-state index contributed by atoms with van der Waals surface area (Å²) in [5.74, 6) is 0.152. The molecule has 7 nitrogen and oxygen atoms in total. The Morgan fingerprint density at radius 3 is 2.90 bits per heavy atom. The SMILES string of the molecule is CCCNc1ncc(Cl)c(N2CC(=O)NC(=O)C2CC)n1. The summed E-state index contributed by atoms with van der Waals surface area (Å²) in [5, 5.41) is 5.71. The molecule has 0 aliphatic carbocycles. The molecule has 2 heterocycles. The van der Waals surface area contributed by atoms with Gasteiger partial charge in [-0.2, -0.15) is 4.98 Å². The van der Waals surface area contributed by atoms with Crippen LogP contribution in [-0.4, -0.2) is 40.9 Å². The molecule has 0 saturated carbocycles. The predicted molar refractivity (Wildman–Crippen MR) is 80.4 cm³/mol. The van der Waals surface area contributed by atoms with E-state index in [1.807, 2.05) is 13.8 Å². The van der Waals surface area contributed by atoms with Gasteiger partial charge < -0.3 is 10.2 Å². The number of hydrogen-bond donors (Lipinski definition) is 2. The highest BCUT2D eigenvalue weighted by molar-refractivity contribution is 6.33. The summed E-state index contributed by atoms with van der Waals surface area (Å²) in [6.07, 6.45) is 2.96. The molecule has 8 heteroatoms. The van der Waals surface area contributed by atoms with E-state index in [-0.39, 0.29) is 18.4 Å². The monoisotopic (exact) mass is 311 g/mol. The minimum Gasteiger partial charge on any atom is -0.354 e. The third-order valence-electron chi connectivity index (χ3n) is 3.17. The lowest BCUT2D eigenvalue weighted by Gasteiger charge is -2.34. The molecule has 1 saturated heterocycles. The molecule has 1 aliphatic heterocycles. The summed E-state index contributed by atoms with van der Waals surface area (Å²) in [6, 6.07) is -0.464. The number of rotatable bonds is 5. The second-order valence-electron chi connectivity index (χ2n) is 4.76. The third kappa shape index (κ3) is 3.41. The van der Waals surface area contributed by atoms with Gasteiger partial charge in [0, 0.05) is 6.54 Å². The summed E-state index contributed by atoms with van der Waals surface area (Å²) < 4.78 is 0. The molecule has 1 aromatic rings. The molecule has 1 aromatic heterocycles. The Balaban J connectivity index is 2.33. The van der Waals surface area contributed by atoms with Crippen molar-refractivity contribution in [3.63, 3.8) is 0 Å². The summed E-state index contributed by atoms with van der Waals surface area (Å²) in [4.78, 5) is 33.6. The maximum absolute atomic E-state index is 11.9. The molecular weight excluding hydrogens is 294 g/mol. The second kappa shape index (κ2) is 6.71. The quantitative estimate of drug-likeness (QED) is 0.794. The van der Waals surface area contributed by atoms with Crippen molar-refractivity contribution in [2.45, 2.75) is 32.7 Å². The first kappa shape index (κ1) is 15.5. The lowest BCUT2D eigenvalue weighted by atomic mass is 10.1. The molecule has 2 amide bonds. The van der Waals surface area contributed by atoms with Crippen molar-refractivity contribution in [1.29, 1.82) is 0 Å². The highest BCUT2D eigenvalue weighted by atomic mass is 35.5. The zero-order valence-corrected chi connectivity index (χ0v) is 12.8. The molecule has 1 unspecified atom stereocenters. The summed E-state index contributed by atoms with van der Waals surface area (Å²) in [6.45, 7) is 4.69. The fourth-order valence-corrected chi connectivity index (χ4v) is 2.38. The number of carbonyl (C=O) groups is 2. The van der Waals surface area contributed by atoms with E-state index in [1.54, 1.807) is 4.90 Å². The molecule has 1 atom stereocenters. The van der Waals surface area contributed by atoms with Crippen LogP contribution in [0, 0.1) is 0 Å². The average Bonchev–Trinajstić information content (AvgIpc) is 2.45. The normalized spacial score (nSPS) is 18.6. The second-order valence-corrected chi connectivity index (χ2v) is 5.16. The largest absolute Gasteiger partial charge is 0.354 e. The first-order valence-electron chi connectivity index (χ1n) is 6.93. The van der Waals surface area contributed by atoms with Crippen molar-refractivity contribution in [3.8, 4) is 0 Å². The number of nitrogens with one attached hydrogen (secondary N) is 2. The van der Waals surface area contributed by atoms with E-state index in [9.17, 15) is 9.59 Å². The van der Waals surface area contributed by atoms with E-state index in [0.29, 0.717) is 23.2 Å². The van der Waals surface area contributed by atoms with Crippen molar-refractivity contribution in [2.24, 2.45) is 0 Å². The van der Waals surface area contributed by atoms with Gasteiger partial charge in [0.2, 0.25) is 17.8 Å². The summed E-state index contributed by atoms with van der Waals surface area (Å²) in [7, 11) is 0. The van der Waals surface area contributed by atoms with Crippen LogP contribution in [0.1, 0.15) is 26.7 Å². The summed E-state index contributed by atoms with van der Waals surface area (Å²) >= 11 is 6.14. The first-order chi connectivity index (χ1) is 10.1. The van der Waals surface area contributed by atoms with Crippen molar-refractivity contribution in [3.05, 3.63) is 11.2 Å². The van der Waals surface area contributed by atoms with Gasteiger partial charge >= 0.3 is 0 Å². The molecule has 1 aliphatic rings. The van der Waals surface area contributed by atoms with Gasteiger partial charge in [-0.15, -0.1) is 0 Å². The van der Waals surface area contributed by atoms with Crippen LogP contribution in [0.25, 0.3) is 0 Å².